The van der Waals surface area contributed by atoms with Crippen LogP contribution in [0.1, 0.15) is 28.4 Å². The van der Waals surface area contributed by atoms with Gasteiger partial charge < -0.3 is 10.5 Å². The van der Waals surface area contributed by atoms with E-state index in [2.05, 4.69) is 27.0 Å². The Labute approximate surface area is 128 Å². The largest absolute Gasteiger partial charge is 0.496 e. The molecule has 2 aromatic rings. The van der Waals surface area contributed by atoms with Crippen molar-refractivity contribution >= 4 is 15.9 Å². The van der Waals surface area contributed by atoms with Crippen molar-refractivity contribution < 1.29 is 4.74 Å². The van der Waals surface area contributed by atoms with E-state index >= 15 is 0 Å². The Hall–Kier alpha value is -1.39. The van der Waals surface area contributed by atoms with Crippen molar-refractivity contribution in [2.24, 2.45) is 5.73 Å². The lowest BCUT2D eigenvalue weighted by molar-refractivity contribution is 0.408. The zero-order chi connectivity index (χ0) is 14.7. The number of hydrogen-bond acceptors (Lipinski definition) is 3. The van der Waals surface area contributed by atoms with Gasteiger partial charge in [-0.2, -0.15) is 0 Å². The first-order valence-corrected chi connectivity index (χ1v) is 7.31. The molecule has 4 heteroatoms. The molecule has 0 amide bonds. The van der Waals surface area contributed by atoms with Gasteiger partial charge >= 0.3 is 0 Å². The van der Waals surface area contributed by atoms with E-state index in [9.17, 15) is 0 Å². The van der Waals surface area contributed by atoms with Gasteiger partial charge in [-0.05, 0) is 55.2 Å². The molecule has 2 rings (SSSR count). The summed E-state index contributed by atoms with van der Waals surface area (Å²) < 4.78 is 6.41. The van der Waals surface area contributed by atoms with Crippen LogP contribution < -0.4 is 10.5 Å². The fourth-order valence-corrected chi connectivity index (χ4v) is 2.76. The number of hydrogen-bond donors (Lipinski definition) is 1. The Balaban J connectivity index is 2.27. The van der Waals surface area contributed by atoms with Crippen LogP contribution in [0.5, 0.6) is 5.75 Å². The minimum atomic E-state index is -0.140. The highest BCUT2D eigenvalue weighted by molar-refractivity contribution is 9.10. The molecule has 1 unspecified atom stereocenters. The quantitative estimate of drug-likeness (QED) is 0.927. The third kappa shape index (κ3) is 3.38. The molecule has 0 aliphatic carbocycles. The maximum absolute atomic E-state index is 6.32. The van der Waals surface area contributed by atoms with Gasteiger partial charge in [0.05, 0.1) is 18.8 Å². The third-order valence-electron chi connectivity index (χ3n) is 3.29. The highest BCUT2D eigenvalue weighted by Crippen LogP contribution is 2.27. The molecular formula is C16H19BrN2O. The second kappa shape index (κ2) is 6.37. The molecule has 0 radical (unpaired) electrons. The summed E-state index contributed by atoms with van der Waals surface area (Å²) in [4.78, 5) is 4.47. The van der Waals surface area contributed by atoms with Gasteiger partial charge in [-0.3, -0.25) is 4.98 Å². The predicted molar refractivity (Wildman–Crippen MR) is 85.0 cm³/mol. The molecular weight excluding hydrogens is 316 g/mol. The van der Waals surface area contributed by atoms with Crippen molar-refractivity contribution in [1.82, 2.24) is 4.98 Å². The standard InChI is InChI=1S/C16H19BrN2O/c1-10-6-11(2)16(19-9-10)14(18)8-12-7-13(17)4-5-15(12)20-3/h4-7,9,14H,8,18H2,1-3H3. The molecule has 1 aromatic heterocycles. The maximum atomic E-state index is 6.32. The second-order valence-corrected chi connectivity index (χ2v) is 5.90. The van der Waals surface area contributed by atoms with Gasteiger partial charge in [-0.25, -0.2) is 0 Å². The summed E-state index contributed by atoms with van der Waals surface area (Å²) >= 11 is 3.48. The Morgan fingerprint density at radius 2 is 2.05 bits per heavy atom. The average Bonchev–Trinajstić information content (AvgIpc) is 2.38. The van der Waals surface area contributed by atoms with Crippen molar-refractivity contribution in [3.05, 3.63) is 57.3 Å². The number of halogens is 1. The van der Waals surface area contributed by atoms with Crippen LogP contribution in [0, 0.1) is 13.8 Å². The molecule has 0 bridgehead atoms. The molecule has 0 aliphatic rings. The van der Waals surface area contributed by atoms with Crippen LogP contribution in [-0.2, 0) is 6.42 Å². The molecule has 1 atom stereocenters. The van der Waals surface area contributed by atoms with Crippen LogP contribution in [0.4, 0.5) is 0 Å². The van der Waals surface area contributed by atoms with Gasteiger partial charge in [0.1, 0.15) is 5.75 Å². The highest BCUT2D eigenvalue weighted by atomic mass is 79.9. The molecule has 3 nitrogen and oxygen atoms in total. The molecule has 0 spiro atoms. The third-order valence-corrected chi connectivity index (χ3v) is 3.78. The average molecular weight is 335 g/mol. The maximum Gasteiger partial charge on any atom is 0.122 e. The van der Waals surface area contributed by atoms with Crippen molar-refractivity contribution in [2.75, 3.05) is 7.11 Å². The number of methoxy groups -OCH3 is 1. The number of aryl methyl sites for hydroxylation is 2. The summed E-state index contributed by atoms with van der Waals surface area (Å²) in [6.07, 6.45) is 2.56. The van der Waals surface area contributed by atoms with E-state index in [0.717, 1.165) is 32.6 Å². The van der Waals surface area contributed by atoms with Crippen molar-refractivity contribution in [3.63, 3.8) is 0 Å². The molecule has 2 N–H and O–H groups in total. The molecule has 0 saturated heterocycles. The first-order valence-electron chi connectivity index (χ1n) is 6.52. The summed E-state index contributed by atoms with van der Waals surface area (Å²) in [5.41, 5.74) is 10.6. The highest BCUT2D eigenvalue weighted by Gasteiger charge is 2.14. The fourth-order valence-electron chi connectivity index (χ4n) is 2.35. The van der Waals surface area contributed by atoms with Gasteiger partial charge in [0.15, 0.2) is 0 Å². The lowest BCUT2D eigenvalue weighted by Crippen LogP contribution is -2.17. The molecule has 20 heavy (non-hydrogen) atoms. The fraction of sp³-hybridized carbons (Fsp3) is 0.312. The van der Waals surface area contributed by atoms with Crippen LogP contribution in [0.3, 0.4) is 0 Å². The number of benzene rings is 1. The van der Waals surface area contributed by atoms with E-state index in [1.165, 1.54) is 0 Å². The summed E-state index contributed by atoms with van der Waals surface area (Å²) in [6.45, 7) is 4.08. The summed E-state index contributed by atoms with van der Waals surface area (Å²) in [5.74, 6) is 0.855. The van der Waals surface area contributed by atoms with Crippen LogP contribution in [0.2, 0.25) is 0 Å². The van der Waals surface area contributed by atoms with Crippen LogP contribution in [0.15, 0.2) is 34.9 Å². The van der Waals surface area contributed by atoms with Gasteiger partial charge in [-0.1, -0.05) is 22.0 Å². The Morgan fingerprint density at radius 1 is 1.30 bits per heavy atom. The normalized spacial score (nSPS) is 12.2. The number of nitrogens with two attached hydrogens (primary N) is 1. The van der Waals surface area contributed by atoms with E-state index in [4.69, 9.17) is 10.5 Å². The summed E-state index contributed by atoms with van der Waals surface area (Å²) in [5, 5.41) is 0. The van der Waals surface area contributed by atoms with Crippen LogP contribution in [-0.4, -0.2) is 12.1 Å². The molecule has 0 saturated carbocycles. The molecule has 0 fully saturated rings. The number of pyridine rings is 1. The van der Waals surface area contributed by atoms with E-state index in [1.807, 2.05) is 38.2 Å². The SMILES string of the molecule is COc1ccc(Br)cc1CC(N)c1ncc(C)cc1C. The minimum Gasteiger partial charge on any atom is -0.496 e. The molecule has 106 valence electrons. The minimum absolute atomic E-state index is 0.140. The second-order valence-electron chi connectivity index (χ2n) is 4.98. The Morgan fingerprint density at radius 3 is 2.70 bits per heavy atom. The summed E-state index contributed by atoms with van der Waals surface area (Å²) in [7, 11) is 1.67. The van der Waals surface area contributed by atoms with Crippen LogP contribution >= 0.6 is 15.9 Å². The first kappa shape index (κ1) is 15.0. The van der Waals surface area contributed by atoms with Gasteiger partial charge in [0, 0.05) is 10.7 Å². The van der Waals surface area contributed by atoms with Gasteiger partial charge in [0.25, 0.3) is 0 Å². The molecule has 1 aromatic carbocycles. The van der Waals surface area contributed by atoms with Gasteiger partial charge in [0.2, 0.25) is 0 Å². The monoisotopic (exact) mass is 334 g/mol. The topological polar surface area (TPSA) is 48.1 Å². The van der Waals surface area contributed by atoms with Crippen molar-refractivity contribution in [1.29, 1.82) is 0 Å². The van der Waals surface area contributed by atoms with Gasteiger partial charge in [-0.15, -0.1) is 0 Å². The van der Waals surface area contributed by atoms with E-state index < -0.39 is 0 Å². The van der Waals surface area contributed by atoms with Crippen LogP contribution in [0.25, 0.3) is 0 Å². The summed E-state index contributed by atoms with van der Waals surface area (Å²) in [6, 6.07) is 7.92. The predicted octanol–water partition coefficient (Wildman–Crippen LogP) is 3.71. The van der Waals surface area contributed by atoms with E-state index in [-0.39, 0.29) is 6.04 Å². The van der Waals surface area contributed by atoms with Crippen molar-refractivity contribution in [2.45, 2.75) is 26.3 Å². The lowest BCUT2D eigenvalue weighted by Gasteiger charge is -2.16. The molecule has 1 heterocycles. The first-order chi connectivity index (χ1) is 9.51. The number of aromatic nitrogens is 1. The van der Waals surface area contributed by atoms with Crippen molar-refractivity contribution in [3.8, 4) is 5.75 Å². The smallest absolute Gasteiger partial charge is 0.122 e. The van der Waals surface area contributed by atoms with E-state index in [1.54, 1.807) is 7.11 Å². The van der Waals surface area contributed by atoms with E-state index in [0.29, 0.717) is 6.42 Å². The molecule has 0 aliphatic heterocycles. The zero-order valence-electron chi connectivity index (χ0n) is 12.0. The number of rotatable bonds is 4. The Bertz CT molecular complexity index is 613. The number of ether oxygens (including phenoxy) is 1. The zero-order valence-corrected chi connectivity index (χ0v) is 13.6. The number of nitrogens with zero attached hydrogens (tertiary/aromatic N) is 1. The Kier molecular flexibility index (Phi) is 4.78. The lowest BCUT2D eigenvalue weighted by atomic mass is 9.99.